The Hall–Kier alpha value is -1.15. The largest absolute Gasteiger partial charge is 0.242 e. The minimum atomic E-state index is 0.449. The average molecular weight is 219 g/mol. The van der Waals surface area contributed by atoms with Gasteiger partial charge in [0.1, 0.15) is 0 Å². The summed E-state index contributed by atoms with van der Waals surface area (Å²) in [5.74, 6) is 0.449. The minimum absolute atomic E-state index is 0.449. The van der Waals surface area contributed by atoms with Crippen LogP contribution in [0.5, 0.6) is 0 Å². The number of thiazole rings is 1. The first kappa shape index (κ1) is 11.9. The molecular formula is C13H17NS. The molecule has 1 rings (SSSR count). The molecule has 0 amide bonds. The molecule has 0 aromatic carbocycles. The van der Waals surface area contributed by atoms with Crippen LogP contribution in [0.2, 0.25) is 0 Å². The van der Waals surface area contributed by atoms with Crippen LogP contribution in [-0.4, -0.2) is 4.98 Å². The molecule has 1 nitrogen and oxygen atoms in total. The van der Waals surface area contributed by atoms with Gasteiger partial charge >= 0.3 is 0 Å². The predicted molar refractivity (Wildman–Crippen MR) is 70.0 cm³/mol. The summed E-state index contributed by atoms with van der Waals surface area (Å²) in [5.41, 5.74) is 0.979. The molecule has 0 radical (unpaired) electrons. The predicted octanol–water partition coefficient (Wildman–Crippen LogP) is 4.32. The van der Waals surface area contributed by atoms with Crippen molar-refractivity contribution in [3.63, 3.8) is 0 Å². The Morgan fingerprint density at radius 1 is 1.47 bits per heavy atom. The van der Waals surface area contributed by atoms with Crippen LogP contribution in [-0.2, 0) is 0 Å². The van der Waals surface area contributed by atoms with Gasteiger partial charge in [-0.2, -0.15) is 0 Å². The van der Waals surface area contributed by atoms with Crippen molar-refractivity contribution in [3.05, 3.63) is 40.9 Å². The number of allylic oxidation sites excluding steroid dienone is 2. The van der Waals surface area contributed by atoms with E-state index in [1.54, 1.807) is 17.4 Å². The monoisotopic (exact) mass is 219 g/mol. The molecule has 0 aliphatic carbocycles. The lowest BCUT2D eigenvalue weighted by Crippen LogP contribution is -1.86. The second-order valence-corrected chi connectivity index (χ2v) is 4.59. The maximum absolute atomic E-state index is 4.38. The van der Waals surface area contributed by atoms with E-state index in [1.165, 1.54) is 4.88 Å². The molecule has 1 aromatic heterocycles. The van der Waals surface area contributed by atoms with Gasteiger partial charge in [-0.1, -0.05) is 25.7 Å². The molecule has 15 heavy (non-hydrogen) atoms. The van der Waals surface area contributed by atoms with Gasteiger partial charge in [0.05, 0.1) is 15.6 Å². The maximum atomic E-state index is 4.38. The van der Waals surface area contributed by atoms with Gasteiger partial charge in [0.15, 0.2) is 0 Å². The zero-order chi connectivity index (χ0) is 11.3. The summed E-state index contributed by atoms with van der Waals surface area (Å²) >= 11 is 1.70. The lowest BCUT2D eigenvalue weighted by molar-refractivity contribution is 0.779. The van der Waals surface area contributed by atoms with E-state index in [9.17, 15) is 0 Å². The Bertz CT molecular complexity index is 374. The van der Waals surface area contributed by atoms with Crippen LogP contribution in [0.3, 0.4) is 0 Å². The third kappa shape index (κ3) is 3.17. The molecule has 0 saturated heterocycles. The van der Waals surface area contributed by atoms with Gasteiger partial charge in [0.25, 0.3) is 0 Å². The zero-order valence-electron chi connectivity index (χ0n) is 9.36. The van der Waals surface area contributed by atoms with Crippen LogP contribution >= 0.6 is 11.3 Å². The van der Waals surface area contributed by atoms with Crippen molar-refractivity contribution in [2.75, 3.05) is 0 Å². The molecule has 1 heterocycles. The Kier molecular flexibility index (Phi) is 4.50. The Morgan fingerprint density at radius 2 is 2.20 bits per heavy atom. The molecule has 0 aliphatic heterocycles. The zero-order valence-corrected chi connectivity index (χ0v) is 10.2. The first-order valence-electron chi connectivity index (χ1n) is 5.11. The van der Waals surface area contributed by atoms with E-state index >= 15 is 0 Å². The van der Waals surface area contributed by atoms with Crippen molar-refractivity contribution in [2.45, 2.75) is 20.3 Å². The van der Waals surface area contributed by atoms with Gasteiger partial charge in [-0.15, -0.1) is 17.9 Å². The van der Waals surface area contributed by atoms with E-state index < -0.39 is 0 Å². The van der Waals surface area contributed by atoms with Crippen LogP contribution in [0.1, 0.15) is 28.9 Å². The van der Waals surface area contributed by atoms with Crippen LogP contribution < -0.4 is 0 Å². The molecule has 0 bridgehead atoms. The third-order valence-corrected chi connectivity index (χ3v) is 3.20. The third-order valence-electron chi connectivity index (χ3n) is 2.25. The summed E-state index contributed by atoms with van der Waals surface area (Å²) in [4.78, 5) is 5.57. The number of hydrogen-bond acceptors (Lipinski definition) is 2. The molecule has 0 fully saturated rings. The number of rotatable bonds is 5. The second kappa shape index (κ2) is 5.66. The molecule has 0 aliphatic rings. The lowest BCUT2D eigenvalue weighted by atomic mass is 10.1. The van der Waals surface area contributed by atoms with Gasteiger partial charge in [0, 0.05) is 0 Å². The summed E-state index contributed by atoms with van der Waals surface area (Å²) in [6.07, 6.45) is 9.15. The molecule has 1 unspecified atom stereocenters. The number of nitrogens with zero attached hydrogens (tertiary/aromatic N) is 1. The van der Waals surface area contributed by atoms with E-state index in [-0.39, 0.29) is 0 Å². The molecular weight excluding hydrogens is 202 g/mol. The van der Waals surface area contributed by atoms with Gasteiger partial charge in [-0.25, -0.2) is 4.98 Å². The average Bonchev–Trinajstić information content (AvgIpc) is 2.60. The van der Waals surface area contributed by atoms with E-state index in [0.717, 1.165) is 17.1 Å². The fourth-order valence-electron chi connectivity index (χ4n) is 1.32. The van der Waals surface area contributed by atoms with E-state index in [0.29, 0.717) is 5.92 Å². The molecule has 1 atom stereocenters. The first-order valence-corrected chi connectivity index (χ1v) is 5.93. The standard InChI is InChI=1S/C13H17NS/c1-5-11(6-2)8-9-13-12(7-3)14-10(4)15-13/h5,7-9,11H,1,3,6H2,2,4H3/b9-8-. The van der Waals surface area contributed by atoms with Gasteiger partial charge in [0.2, 0.25) is 0 Å². The number of hydrogen-bond donors (Lipinski definition) is 0. The summed E-state index contributed by atoms with van der Waals surface area (Å²) in [5, 5.41) is 1.08. The normalized spacial score (nSPS) is 12.9. The first-order chi connectivity index (χ1) is 7.21. The highest BCUT2D eigenvalue weighted by molar-refractivity contribution is 7.12. The Morgan fingerprint density at radius 3 is 2.73 bits per heavy atom. The molecule has 1 aromatic rings. The SMILES string of the molecule is C=Cc1nc(C)sc1/C=C\C(C=C)CC. The number of aromatic nitrogens is 1. The summed E-state index contributed by atoms with van der Waals surface area (Å²) in [6.45, 7) is 11.7. The fourth-order valence-corrected chi connectivity index (χ4v) is 2.16. The van der Waals surface area contributed by atoms with Crippen molar-refractivity contribution in [2.24, 2.45) is 5.92 Å². The highest BCUT2D eigenvalue weighted by atomic mass is 32.1. The Labute approximate surface area is 95.9 Å². The van der Waals surface area contributed by atoms with Crippen LogP contribution in [0.25, 0.3) is 12.2 Å². The highest BCUT2D eigenvalue weighted by Crippen LogP contribution is 2.21. The van der Waals surface area contributed by atoms with E-state index in [4.69, 9.17) is 0 Å². The van der Waals surface area contributed by atoms with Gasteiger partial charge in [-0.05, 0) is 31.4 Å². The minimum Gasteiger partial charge on any atom is -0.242 e. The molecule has 2 heteroatoms. The Balaban J connectivity index is 2.87. The lowest BCUT2D eigenvalue weighted by Gasteiger charge is -2.00. The van der Waals surface area contributed by atoms with Crippen LogP contribution in [0.15, 0.2) is 25.3 Å². The van der Waals surface area contributed by atoms with Crippen molar-refractivity contribution in [1.29, 1.82) is 0 Å². The van der Waals surface area contributed by atoms with Crippen molar-refractivity contribution >= 4 is 23.5 Å². The summed E-state index contributed by atoms with van der Waals surface area (Å²) in [6, 6.07) is 0. The van der Waals surface area contributed by atoms with Gasteiger partial charge in [-0.3, -0.25) is 0 Å². The van der Waals surface area contributed by atoms with Crippen molar-refractivity contribution in [1.82, 2.24) is 4.98 Å². The molecule has 80 valence electrons. The summed E-state index contributed by atoms with van der Waals surface area (Å²) in [7, 11) is 0. The van der Waals surface area contributed by atoms with E-state index in [2.05, 4.69) is 37.2 Å². The maximum Gasteiger partial charge on any atom is 0.0907 e. The molecule has 0 saturated carbocycles. The molecule has 0 N–H and O–H groups in total. The quantitative estimate of drug-likeness (QED) is 0.672. The smallest absolute Gasteiger partial charge is 0.0907 e. The van der Waals surface area contributed by atoms with Crippen molar-refractivity contribution < 1.29 is 0 Å². The molecule has 0 spiro atoms. The highest BCUT2D eigenvalue weighted by Gasteiger charge is 2.03. The van der Waals surface area contributed by atoms with Crippen LogP contribution in [0, 0.1) is 12.8 Å². The van der Waals surface area contributed by atoms with E-state index in [1.807, 2.05) is 13.0 Å². The topological polar surface area (TPSA) is 12.9 Å². The number of aryl methyl sites for hydroxylation is 1. The second-order valence-electron chi connectivity index (χ2n) is 3.35. The van der Waals surface area contributed by atoms with Gasteiger partial charge < -0.3 is 0 Å². The fraction of sp³-hybridized carbons (Fsp3) is 0.308. The van der Waals surface area contributed by atoms with Crippen LogP contribution in [0.4, 0.5) is 0 Å². The van der Waals surface area contributed by atoms with Crippen molar-refractivity contribution in [3.8, 4) is 0 Å². The summed E-state index contributed by atoms with van der Waals surface area (Å²) < 4.78 is 0.